The number of aromatic nitrogens is 2. The quantitative estimate of drug-likeness (QED) is 0.513. The summed E-state index contributed by atoms with van der Waals surface area (Å²) in [5.74, 6) is 0. The summed E-state index contributed by atoms with van der Waals surface area (Å²) in [7, 11) is 0. The van der Waals surface area contributed by atoms with Gasteiger partial charge in [0.2, 0.25) is 0 Å². The number of hydrogen-bond donors (Lipinski definition) is 0. The lowest BCUT2D eigenvalue weighted by Gasteiger charge is -2.05. The van der Waals surface area contributed by atoms with E-state index in [9.17, 15) is 4.39 Å². The van der Waals surface area contributed by atoms with Crippen LogP contribution in [0.15, 0.2) is 37.1 Å². The first-order valence-corrected chi connectivity index (χ1v) is 7.68. The van der Waals surface area contributed by atoms with E-state index in [1.807, 2.05) is 18.3 Å². The Hall–Kier alpha value is -1.77. The number of nitrogens with zero attached hydrogens (tertiary/aromatic N) is 2. The minimum absolute atomic E-state index is 0.662. The highest BCUT2D eigenvalue weighted by Crippen LogP contribution is 2.15. The maximum Gasteiger partial charge on any atom is 0.0973 e. The molecule has 3 heteroatoms. The van der Waals surface area contributed by atoms with Crippen LogP contribution >= 0.6 is 0 Å². The standard InChI is InChI=1S/C18H23FN2/c1-3-7-15-10-11-17-18(12-15)20-13-16(21-17)9-6-4-5-8-14(2)19/h3,10-14H,1,4-9H2,2H3. The average molecular weight is 286 g/mol. The van der Waals surface area contributed by atoms with Crippen molar-refractivity contribution in [3.8, 4) is 0 Å². The van der Waals surface area contributed by atoms with Crippen LogP contribution in [0, 0.1) is 0 Å². The molecule has 1 heterocycles. The highest BCUT2D eigenvalue weighted by Gasteiger charge is 2.02. The molecule has 0 N–H and O–H groups in total. The summed E-state index contributed by atoms with van der Waals surface area (Å²) < 4.78 is 12.7. The van der Waals surface area contributed by atoms with E-state index in [0.29, 0.717) is 6.42 Å². The summed E-state index contributed by atoms with van der Waals surface area (Å²) in [5.41, 5.74) is 4.11. The predicted octanol–water partition coefficient (Wildman–Crippen LogP) is 4.82. The Balaban J connectivity index is 1.93. The van der Waals surface area contributed by atoms with Crippen molar-refractivity contribution in [3.05, 3.63) is 48.3 Å². The van der Waals surface area contributed by atoms with Crippen LogP contribution in [0.2, 0.25) is 0 Å². The minimum atomic E-state index is -0.685. The van der Waals surface area contributed by atoms with E-state index in [1.54, 1.807) is 6.92 Å². The summed E-state index contributed by atoms with van der Waals surface area (Å²) in [6.07, 6.45) is 8.53. The number of alkyl halides is 1. The van der Waals surface area contributed by atoms with Crippen LogP contribution in [0.25, 0.3) is 11.0 Å². The fraction of sp³-hybridized carbons (Fsp3) is 0.444. The molecule has 2 aromatic rings. The van der Waals surface area contributed by atoms with Gasteiger partial charge in [0.25, 0.3) is 0 Å². The van der Waals surface area contributed by atoms with Crippen molar-refractivity contribution in [2.75, 3.05) is 0 Å². The van der Waals surface area contributed by atoms with Gasteiger partial charge in [-0.05, 0) is 50.3 Å². The first kappa shape index (κ1) is 15.6. The molecule has 112 valence electrons. The summed E-state index contributed by atoms with van der Waals surface area (Å²) in [6, 6.07) is 6.16. The van der Waals surface area contributed by atoms with Crippen LogP contribution in [0.5, 0.6) is 0 Å². The molecule has 0 aliphatic rings. The Bertz CT molecular complexity index is 593. The summed E-state index contributed by atoms with van der Waals surface area (Å²) in [4.78, 5) is 9.14. The molecular formula is C18H23FN2. The Morgan fingerprint density at radius 3 is 2.86 bits per heavy atom. The molecule has 1 aromatic heterocycles. The third-order valence-corrected chi connectivity index (χ3v) is 3.57. The normalized spacial score (nSPS) is 12.5. The van der Waals surface area contributed by atoms with Crippen molar-refractivity contribution in [2.45, 2.75) is 51.6 Å². The summed E-state index contributed by atoms with van der Waals surface area (Å²) >= 11 is 0. The molecule has 1 atom stereocenters. The molecule has 2 nitrogen and oxygen atoms in total. The monoisotopic (exact) mass is 286 g/mol. The van der Waals surface area contributed by atoms with E-state index in [2.05, 4.69) is 28.7 Å². The van der Waals surface area contributed by atoms with Crippen LogP contribution < -0.4 is 0 Å². The highest BCUT2D eigenvalue weighted by atomic mass is 19.1. The molecule has 0 aliphatic carbocycles. The lowest BCUT2D eigenvalue weighted by atomic mass is 10.1. The Morgan fingerprint density at radius 1 is 1.24 bits per heavy atom. The molecule has 0 fully saturated rings. The highest BCUT2D eigenvalue weighted by molar-refractivity contribution is 5.74. The van der Waals surface area contributed by atoms with Gasteiger partial charge in [0.1, 0.15) is 0 Å². The molecule has 0 aliphatic heterocycles. The van der Waals surface area contributed by atoms with Crippen LogP contribution in [0.4, 0.5) is 4.39 Å². The zero-order valence-corrected chi connectivity index (χ0v) is 12.7. The van der Waals surface area contributed by atoms with Gasteiger partial charge >= 0.3 is 0 Å². The van der Waals surface area contributed by atoms with Crippen molar-refractivity contribution in [1.82, 2.24) is 9.97 Å². The molecule has 0 spiro atoms. The number of hydrogen-bond acceptors (Lipinski definition) is 2. The van der Waals surface area contributed by atoms with E-state index in [0.717, 1.165) is 48.8 Å². The number of fused-ring (bicyclic) bond motifs is 1. The average Bonchev–Trinajstić information content (AvgIpc) is 2.47. The second-order valence-electron chi connectivity index (χ2n) is 5.56. The third-order valence-electron chi connectivity index (χ3n) is 3.57. The van der Waals surface area contributed by atoms with E-state index in [1.165, 1.54) is 5.56 Å². The zero-order valence-electron chi connectivity index (χ0n) is 12.7. The number of rotatable bonds is 8. The molecule has 21 heavy (non-hydrogen) atoms. The molecule has 0 radical (unpaired) electrons. The minimum Gasteiger partial charge on any atom is -0.253 e. The number of benzene rings is 1. The van der Waals surface area contributed by atoms with E-state index in [4.69, 9.17) is 0 Å². The van der Waals surface area contributed by atoms with E-state index >= 15 is 0 Å². The van der Waals surface area contributed by atoms with E-state index < -0.39 is 6.17 Å². The number of unbranched alkanes of at least 4 members (excludes halogenated alkanes) is 2. The molecule has 0 bridgehead atoms. The van der Waals surface area contributed by atoms with Crippen LogP contribution in [0.1, 0.15) is 43.9 Å². The van der Waals surface area contributed by atoms with E-state index in [-0.39, 0.29) is 0 Å². The fourth-order valence-corrected chi connectivity index (χ4v) is 2.42. The number of allylic oxidation sites excluding steroid dienone is 1. The smallest absolute Gasteiger partial charge is 0.0973 e. The van der Waals surface area contributed by atoms with Gasteiger partial charge in [-0.3, -0.25) is 4.98 Å². The Morgan fingerprint density at radius 2 is 2.10 bits per heavy atom. The number of halogens is 1. The van der Waals surface area contributed by atoms with Gasteiger partial charge in [0.05, 0.1) is 22.9 Å². The van der Waals surface area contributed by atoms with Crippen molar-refractivity contribution < 1.29 is 4.39 Å². The zero-order chi connectivity index (χ0) is 15.1. The first-order chi connectivity index (χ1) is 10.2. The molecule has 1 aromatic carbocycles. The van der Waals surface area contributed by atoms with Crippen LogP contribution in [-0.4, -0.2) is 16.1 Å². The van der Waals surface area contributed by atoms with Gasteiger partial charge in [-0.1, -0.05) is 25.0 Å². The molecular weight excluding hydrogens is 263 g/mol. The maximum absolute atomic E-state index is 12.7. The van der Waals surface area contributed by atoms with Crippen LogP contribution in [-0.2, 0) is 12.8 Å². The third kappa shape index (κ3) is 4.92. The van der Waals surface area contributed by atoms with Gasteiger partial charge in [-0.25, -0.2) is 9.37 Å². The van der Waals surface area contributed by atoms with Gasteiger partial charge in [0, 0.05) is 6.20 Å². The fourth-order valence-electron chi connectivity index (χ4n) is 2.42. The van der Waals surface area contributed by atoms with Crippen molar-refractivity contribution in [1.29, 1.82) is 0 Å². The first-order valence-electron chi connectivity index (χ1n) is 7.68. The molecule has 0 saturated carbocycles. The molecule has 1 unspecified atom stereocenters. The predicted molar refractivity (Wildman–Crippen MR) is 86.2 cm³/mol. The number of aryl methyl sites for hydroxylation is 1. The Labute approximate surface area is 126 Å². The van der Waals surface area contributed by atoms with Crippen LogP contribution in [0.3, 0.4) is 0 Å². The molecule has 2 rings (SSSR count). The van der Waals surface area contributed by atoms with Gasteiger partial charge in [-0.2, -0.15) is 0 Å². The summed E-state index contributed by atoms with van der Waals surface area (Å²) in [5, 5.41) is 0. The second-order valence-corrected chi connectivity index (χ2v) is 5.56. The summed E-state index contributed by atoms with van der Waals surface area (Å²) in [6.45, 7) is 5.37. The largest absolute Gasteiger partial charge is 0.253 e. The second kappa shape index (κ2) is 7.87. The van der Waals surface area contributed by atoms with Crippen molar-refractivity contribution in [2.24, 2.45) is 0 Å². The lowest BCUT2D eigenvalue weighted by Crippen LogP contribution is -1.96. The van der Waals surface area contributed by atoms with Gasteiger partial charge in [-0.15, -0.1) is 6.58 Å². The van der Waals surface area contributed by atoms with Crippen molar-refractivity contribution >= 4 is 11.0 Å². The topological polar surface area (TPSA) is 25.8 Å². The van der Waals surface area contributed by atoms with Crippen molar-refractivity contribution in [3.63, 3.8) is 0 Å². The molecule has 0 saturated heterocycles. The lowest BCUT2D eigenvalue weighted by molar-refractivity contribution is 0.330. The maximum atomic E-state index is 12.7. The SMILES string of the molecule is C=CCc1ccc2nc(CCCCCC(C)F)cnc2c1. The van der Waals surface area contributed by atoms with Gasteiger partial charge in [0.15, 0.2) is 0 Å². The Kier molecular flexibility index (Phi) is 5.85. The molecule has 0 amide bonds. The van der Waals surface area contributed by atoms with Gasteiger partial charge < -0.3 is 0 Å².